The number of halogens is 1. The SMILES string of the molecule is CC(OC(=O)CCSc1ccc(F)cc1)c1nc2ccccc2c(=O)[nH]1. The first-order valence-electron chi connectivity index (χ1n) is 8.10. The second-order valence-corrected chi connectivity index (χ2v) is 6.82. The monoisotopic (exact) mass is 372 g/mol. The summed E-state index contributed by atoms with van der Waals surface area (Å²) in [4.78, 5) is 32.0. The van der Waals surface area contributed by atoms with Gasteiger partial charge in [-0.05, 0) is 43.3 Å². The number of hydrogen-bond acceptors (Lipinski definition) is 5. The number of thioether (sulfide) groups is 1. The van der Waals surface area contributed by atoms with E-state index in [4.69, 9.17) is 4.74 Å². The molecule has 0 aliphatic carbocycles. The molecule has 0 saturated heterocycles. The lowest BCUT2D eigenvalue weighted by molar-refractivity contribution is -0.148. The van der Waals surface area contributed by atoms with Crippen LogP contribution < -0.4 is 5.56 Å². The largest absolute Gasteiger partial charge is 0.454 e. The van der Waals surface area contributed by atoms with Gasteiger partial charge >= 0.3 is 5.97 Å². The van der Waals surface area contributed by atoms with E-state index in [0.717, 1.165) is 4.90 Å². The summed E-state index contributed by atoms with van der Waals surface area (Å²) in [6, 6.07) is 13.1. The molecule has 1 heterocycles. The third-order valence-electron chi connectivity index (χ3n) is 3.71. The molecule has 0 spiro atoms. The number of hydrogen-bond donors (Lipinski definition) is 1. The van der Waals surface area contributed by atoms with Gasteiger partial charge in [0, 0.05) is 10.6 Å². The zero-order valence-electron chi connectivity index (χ0n) is 14.1. The highest BCUT2D eigenvalue weighted by Crippen LogP contribution is 2.20. The maximum Gasteiger partial charge on any atom is 0.307 e. The highest BCUT2D eigenvalue weighted by molar-refractivity contribution is 7.99. The highest BCUT2D eigenvalue weighted by Gasteiger charge is 2.15. The van der Waals surface area contributed by atoms with E-state index in [1.165, 1.54) is 23.9 Å². The van der Waals surface area contributed by atoms with Gasteiger partial charge in [-0.25, -0.2) is 9.37 Å². The van der Waals surface area contributed by atoms with Crippen molar-refractivity contribution in [2.75, 3.05) is 5.75 Å². The Hall–Kier alpha value is -2.67. The van der Waals surface area contributed by atoms with Gasteiger partial charge in [-0.2, -0.15) is 0 Å². The Morgan fingerprint density at radius 1 is 1.23 bits per heavy atom. The molecule has 1 N–H and O–H groups in total. The molecule has 0 fully saturated rings. The summed E-state index contributed by atoms with van der Waals surface area (Å²) in [5, 5.41) is 0.491. The average Bonchev–Trinajstić information content (AvgIpc) is 2.63. The second-order valence-electron chi connectivity index (χ2n) is 5.65. The first kappa shape index (κ1) is 18.1. The van der Waals surface area contributed by atoms with E-state index < -0.39 is 6.10 Å². The van der Waals surface area contributed by atoms with E-state index in [-0.39, 0.29) is 23.8 Å². The van der Waals surface area contributed by atoms with E-state index in [1.807, 2.05) is 0 Å². The number of carbonyl (C=O) groups excluding carboxylic acids is 1. The molecular weight excluding hydrogens is 355 g/mol. The molecule has 26 heavy (non-hydrogen) atoms. The van der Waals surface area contributed by atoms with Crippen LogP contribution in [0, 0.1) is 5.82 Å². The Morgan fingerprint density at radius 3 is 2.73 bits per heavy atom. The molecule has 134 valence electrons. The predicted molar refractivity (Wildman–Crippen MR) is 98.6 cm³/mol. The van der Waals surface area contributed by atoms with Crippen molar-refractivity contribution in [2.24, 2.45) is 0 Å². The number of ether oxygens (including phenoxy) is 1. The summed E-state index contributed by atoms with van der Waals surface area (Å²) >= 11 is 1.44. The van der Waals surface area contributed by atoms with E-state index in [2.05, 4.69) is 9.97 Å². The summed E-state index contributed by atoms with van der Waals surface area (Å²) in [5.41, 5.74) is 0.293. The fraction of sp³-hybridized carbons (Fsp3) is 0.211. The van der Waals surface area contributed by atoms with Gasteiger partial charge in [0.25, 0.3) is 5.56 Å². The Bertz CT molecular complexity index is 972. The van der Waals surface area contributed by atoms with Crippen LogP contribution in [0.2, 0.25) is 0 Å². The molecule has 1 aromatic heterocycles. The number of nitrogens with zero attached hydrogens (tertiary/aromatic N) is 1. The molecule has 0 bridgehead atoms. The number of fused-ring (bicyclic) bond motifs is 1. The number of benzene rings is 2. The quantitative estimate of drug-likeness (QED) is 0.526. The number of nitrogens with one attached hydrogen (secondary N) is 1. The van der Waals surface area contributed by atoms with Crippen molar-refractivity contribution in [3.05, 3.63) is 70.5 Å². The fourth-order valence-electron chi connectivity index (χ4n) is 2.39. The lowest BCUT2D eigenvalue weighted by atomic mass is 10.2. The molecular formula is C19H17FN2O3S. The summed E-state index contributed by atoms with van der Waals surface area (Å²) in [7, 11) is 0. The summed E-state index contributed by atoms with van der Waals surface area (Å²) in [5.74, 6) is 0.148. The van der Waals surface area contributed by atoms with Gasteiger partial charge in [0.1, 0.15) is 5.82 Å². The maximum atomic E-state index is 12.9. The van der Waals surface area contributed by atoms with E-state index in [9.17, 15) is 14.0 Å². The molecule has 3 aromatic rings. The third-order valence-corrected chi connectivity index (χ3v) is 4.73. The number of H-pyrrole nitrogens is 1. The smallest absolute Gasteiger partial charge is 0.307 e. The first-order chi connectivity index (χ1) is 12.5. The minimum atomic E-state index is -0.657. The van der Waals surface area contributed by atoms with Gasteiger partial charge in [-0.1, -0.05) is 12.1 Å². The van der Waals surface area contributed by atoms with Crippen LogP contribution in [0.1, 0.15) is 25.3 Å². The molecule has 1 unspecified atom stereocenters. The average molecular weight is 372 g/mol. The Kier molecular flexibility index (Phi) is 5.68. The summed E-state index contributed by atoms with van der Waals surface area (Å²) in [6.07, 6.45) is -0.458. The van der Waals surface area contributed by atoms with Crippen molar-refractivity contribution in [2.45, 2.75) is 24.3 Å². The molecule has 0 radical (unpaired) electrons. The number of rotatable bonds is 6. The van der Waals surface area contributed by atoms with Crippen LogP contribution in [0.3, 0.4) is 0 Å². The van der Waals surface area contributed by atoms with E-state index in [1.54, 1.807) is 43.3 Å². The zero-order chi connectivity index (χ0) is 18.5. The van der Waals surface area contributed by atoms with Gasteiger partial charge in [-0.3, -0.25) is 9.59 Å². The molecule has 0 amide bonds. The second kappa shape index (κ2) is 8.14. The van der Waals surface area contributed by atoms with Gasteiger partial charge < -0.3 is 9.72 Å². The summed E-state index contributed by atoms with van der Waals surface area (Å²) < 4.78 is 18.2. The maximum absolute atomic E-state index is 12.9. The van der Waals surface area contributed by atoms with Crippen molar-refractivity contribution in [1.29, 1.82) is 0 Å². The lowest BCUT2D eigenvalue weighted by Gasteiger charge is -2.13. The standard InChI is InChI=1S/C19H17FN2O3S/c1-12(18-21-16-5-3-2-4-15(16)19(24)22-18)25-17(23)10-11-26-14-8-6-13(20)7-9-14/h2-9,12H,10-11H2,1H3,(H,21,22,24). The van der Waals surface area contributed by atoms with Crippen LogP contribution in [-0.2, 0) is 9.53 Å². The van der Waals surface area contributed by atoms with Crippen molar-refractivity contribution in [3.63, 3.8) is 0 Å². The number of aromatic nitrogens is 2. The van der Waals surface area contributed by atoms with Crippen LogP contribution in [0.4, 0.5) is 4.39 Å². The third kappa shape index (κ3) is 4.49. The molecule has 1 atom stereocenters. The normalized spacial score (nSPS) is 12.1. The van der Waals surface area contributed by atoms with Crippen LogP contribution in [0.15, 0.2) is 58.2 Å². The molecule has 0 saturated carbocycles. The van der Waals surface area contributed by atoms with Gasteiger partial charge in [0.15, 0.2) is 11.9 Å². The van der Waals surface area contributed by atoms with Gasteiger partial charge in [0.05, 0.1) is 17.3 Å². The Labute approximate surface area is 153 Å². The van der Waals surface area contributed by atoms with Crippen molar-refractivity contribution < 1.29 is 13.9 Å². The number of aromatic amines is 1. The van der Waals surface area contributed by atoms with Gasteiger partial charge in [-0.15, -0.1) is 11.8 Å². The van der Waals surface area contributed by atoms with E-state index in [0.29, 0.717) is 22.5 Å². The Balaban J connectivity index is 1.57. The van der Waals surface area contributed by atoms with Crippen LogP contribution in [-0.4, -0.2) is 21.7 Å². The molecule has 0 aliphatic heterocycles. The van der Waals surface area contributed by atoms with Gasteiger partial charge in [0.2, 0.25) is 0 Å². The first-order valence-corrected chi connectivity index (χ1v) is 9.08. The van der Waals surface area contributed by atoms with Crippen molar-refractivity contribution >= 4 is 28.6 Å². The van der Waals surface area contributed by atoms with Crippen LogP contribution in [0.5, 0.6) is 0 Å². The summed E-state index contributed by atoms with van der Waals surface area (Å²) in [6.45, 7) is 1.66. The molecule has 2 aromatic carbocycles. The molecule has 3 rings (SSSR count). The lowest BCUT2D eigenvalue weighted by Crippen LogP contribution is -2.17. The van der Waals surface area contributed by atoms with E-state index >= 15 is 0 Å². The molecule has 7 heteroatoms. The molecule has 5 nitrogen and oxygen atoms in total. The van der Waals surface area contributed by atoms with Crippen molar-refractivity contribution in [1.82, 2.24) is 9.97 Å². The highest BCUT2D eigenvalue weighted by atomic mass is 32.2. The fourth-order valence-corrected chi connectivity index (χ4v) is 3.22. The molecule has 0 aliphatic rings. The van der Waals surface area contributed by atoms with Crippen LogP contribution >= 0.6 is 11.8 Å². The minimum Gasteiger partial charge on any atom is -0.454 e. The number of carbonyl (C=O) groups is 1. The number of esters is 1. The Morgan fingerprint density at radius 2 is 1.96 bits per heavy atom. The number of para-hydroxylation sites is 1. The topological polar surface area (TPSA) is 72.0 Å². The van der Waals surface area contributed by atoms with Crippen LogP contribution in [0.25, 0.3) is 10.9 Å². The van der Waals surface area contributed by atoms with Crippen molar-refractivity contribution in [3.8, 4) is 0 Å². The zero-order valence-corrected chi connectivity index (χ0v) is 14.9. The predicted octanol–water partition coefficient (Wildman–Crippen LogP) is 3.85. The minimum absolute atomic E-state index is 0.199.